The van der Waals surface area contributed by atoms with Gasteiger partial charge in [-0.15, -0.1) is 11.8 Å². The fourth-order valence-corrected chi connectivity index (χ4v) is 1.90. The number of carbonyl (C=O) groups excluding carboxylic acids is 1. The number of thioether (sulfide) groups is 1. The molecule has 0 fully saturated rings. The summed E-state index contributed by atoms with van der Waals surface area (Å²) in [5, 5.41) is 12.2. The summed E-state index contributed by atoms with van der Waals surface area (Å²) in [5.74, 6) is -0.132. The molecule has 1 rings (SSSR count). The zero-order valence-electron chi connectivity index (χ0n) is 10.3. The number of aliphatic hydroxyl groups excluding tert-OH is 1. The Balaban J connectivity index is 2.46. The quantitative estimate of drug-likeness (QED) is 0.765. The molecular weight excluding hydrogens is 234 g/mol. The first-order valence-corrected chi connectivity index (χ1v) is 7.00. The Hall–Kier alpha value is -1.00. The summed E-state index contributed by atoms with van der Waals surface area (Å²) in [5.41, 5.74) is 0.631. The van der Waals surface area contributed by atoms with Crippen molar-refractivity contribution in [3.8, 4) is 0 Å². The zero-order valence-corrected chi connectivity index (χ0v) is 11.1. The van der Waals surface area contributed by atoms with Crippen LogP contribution in [0.5, 0.6) is 0 Å². The molecule has 1 aromatic rings. The highest BCUT2D eigenvalue weighted by molar-refractivity contribution is 7.98. The van der Waals surface area contributed by atoms with Crippen LogP contribution in [0.1, 0.15) is 30.1 Å². The third-order valence-corrected chi connectivity index (χ3v) is 3.22. The number of amides is 1. The predicted octanol–water partition coefficient (Wildman–Crippen LogP) is 2.30. The van der Waals surface area contributed by atoms with Crippen molar-refractivity contribution in [2.45, 2.75) is 30.8 Å². The van der Waals surface area contributed by atoms with Gasteiger partial charge in [0.1, 0.15) is 0 Å². The van der Waals surface area contributed by atoms with Gasteiger partial charge in [-0.1, -0.05) is 13.3 Å². The first-order valence-electron chi connectivity index (χ1n) is 5.77. The van der Waals surface area contributed by atoms with Gasteiger partial charge in [0, 0.05) is 17.0 Å². The first-order chi connectivity index (χ1) is 8.17. The first kappa shape index (κ1) is 14.1. The minimum atomic E-state index is -0.450. The Bertz CT molecular complexity index is 351. The van der Waals surface area contributed by atoms with Crippen molar-refractivity contribution in [1.29, 1.82) is 0 Å². The molecule has 4 heteroatoms. The second-order valence-corrected chi connectivity index (χ2v) is 4.76. The smallest absolute Gasteiger partial charge is 0.251 e. The lowest BCUT2D eigenvalue weighted by Gasteiger charge is -2.10. The van der Waals surface area contributed by atoms with Crippen LogP contribution in [0.3, 0.4) is 0 Å². The number of benzene rings is 1. The molecule has 0 aromatic heterocycles. The molecule has 0 aliphatic rings. The number of rotatable bonds is 6. The molecule has 17 heavy (non-hydrogen) atoms. The predicted molar refractivity (Wildman–Crippen MR) is 71.5 cm³/mol. The van der Waals surface area contributed by atoms with Crippen LogP contribution in [0.2, 0.25) is 0 Å². The van der Waals surface area contributed by atoms with Gasteiger partial charge in [0.15, 0.2) is 0 Å². The second-order valence-electron chi connectivity index (χ2n) is 3.88. The molecule has 0 bridgehead atoms. The summed E-state index contributed by atoms with van der Waals surface area (Å²) in [4.78, 5) is 12.9. The minimum Gasteiger partial charge on any atom is -0.391 e. The normalized spacial score (nSPS) is 12.2. The van der Waals surface area contributed by atoms with Gasteiger partial charge in [-0.2, -0.15) is 0 Å². The van der Waals surface area contributed by atoms with Crippen molar-refractivity contribution in [3.05, 3.63) is 29.8 Å². The summed E-state index contributed by atoms with van der Waals surface area (Å²) in [6, 6.07) is 7.44. The number of hydrogen-bond acceptors (Lipinski definition) is 3. The van der Waals surface area contributed by atoms with Crippen molar-refractivity contribution in [2.24, 2.45) is 0 Å². The van der Waals surface area contributed by atoms with Gasteiger partial charge in [0.2, 0.25) is 0 Å². The Morgan fingerprint density at radius 3 is 2.59 bits per heavy atom. The van der Waals surface area contributed by atoms with E-state index >= 15 is 0 Å². The molecule has 1 aromatic carbocycles. The maximum atomic E-state index is 11.7. The third-order valence-electron chi connectivity index (χ3n) is 2.47. The van der Waals surface area contributed by atoms with Crippen molar-refractivity contribution < 1.29 is 9.90 Å². The Labute approximate surface area is 107 Å². The molecule has 0 spiro atoms. The van der Waals surface area contributed by atoms with Gasteiger partial charge in [0.25, 0.3) is 5.91 Å². The molecule has 0 radical (unpaired) electrons. The fourth-order valence-electron chi connectivity index (χ4n) is 1.49. The maximum Gasteiger partial charge on any atom is 0.251 e. The standard InChI is InChI=1S/C13H19NO2S/c1-3-4-11(15)9-14-13(16)10-5-7-12(17-2)8-6-10/h5-8,11,15H,3-4,9H2,1-2H3,(H,14,16). The SMILES string of the molecule is CCCC(O)CNC(=O)c1ccc(SC)cc1. The van der Waals surface area contributed by atoms with E-state index < -0.39 is 6.10 Å². The van der Waals surface area contributed by atoms with Crippen LogP contribution in [-0.4, -0.2) is 29.9 Å². The summed E-state index contributed by atoms with van der Waals surface area (Å²) >= 11 is 1.64. The van der Waals surface area contributed by atoms with E-state index in [-0.39, 0.29) is 5.91 Å². The highest BCUT2D eigenvalue weighted by atomic mass is 32.2. The van der Waals surface area contributed by atoms with E-state index in [1.807, 2.05) is 25.3 Å². The lowest BCUT2D eigenvalue weighted by atomic mass is 10.2. The van der Waals surface area contributed by atoms with Crippen LogP contribution in [0.25, 0.3) is 0 Å². The number of hydrogen-bond donors (Lipinski definition) is 2. The molecule has 1 atom stereocenters. The molecule has 1 unspecified atom stereocenters. The molecule has 0 saturated heterocycles. The Morgan fingerprint density at radius 1 is 1.41 bits per heavy atom. The van der Waals surface area contributed by atoms with Gasteiger partial charge >= 0.3 is 0 Å². The number of aliphatic hydroxyl groups is 1. The van der Waals surface area contributed by atoms with E-state index in [9.17, 15) is 9.90 Å². The lowest BCUT2D eigenvalue weighted by molar-refractivity contribution is 0.0910. The van der Waals surface area contributed by atoms with E-state index in [0.29, 0.717) is 18.5 Å². The minimum absolute atomic E-state index is 0.132. The topological polar surface area (TPSA) is 49.3 Å². The summed E-state index contributed by atoms with van der Waals surface area (Å²) in [6.45, 7) is 2.32. The van der Waals surface area contributed by atoms with E-state index in [0.717, 1.165) is 11.3 Å². The highest BCUT2D eigenvalue weighted by Gasteiger charge is 2.08. The van der Waals surface area contributed by atoms with Crippen LogP contribution in [0.4, 0.5) is 0 Å². The monoisotopic (exact) mass is 253 g/mol. The number of nitrogens with one attached hydrogen (secondary N) is 1. The van der Waals surface area contributed by atoms with Crippen molar-refractivity contribution in [2.75, 3.05) is 12.8 Å². The molecule has 94 valence electrons. The van der Waals surface area contributed by atoms with Crippen LogP contribution in [0, 0.1) is 0 Å². The average Bonchev–Trinajstić information content (AvgIpc) is 2.36. The molecule has 2 N–H and O–H groups in total. The fraction of sp³-hybridized carbons (Fsp3) is 0.462. The summed E-state index contributed by atoms with van der Waals surface area (Å²) in [6.07, 6.45) is 3.18. The van der Waals surface area contributed by atoms with E-state index in [4.69, 9.17) is 0 Å². The van der Waals surface area contributed by atoms with Gasteiger partial charge in [0.05, 0.1) is 6.10 Å². The molecule has 0 heterocycles. The molecule has 1 amide bonds. The largest absolute Gasteiger partial charge is 0.391 e. The van der Waals surface area contributed by atoms with Crippen LogP contribution in [-0.2, 0) is 0 Å². The Kier molecular flexibility index (Phi) is 6.08. The second kappa shape index (κ2) is 7.35. The Morgan fingerprint density at radius 2 is 2.06 bits per heavy atom. The van der Waals surface area contributed by atoms with Crippen molar-refractivity contribution >= 4 is 17.7 Å². The molecule has 0 aliphatic heterocycles. The molecule has 3 nitrogen and oxygen atoms in total. The van der Waals surface area contributed by atoms with Gasteiger partial charge in [-0.05, 0) is 36.9 Å². The van der Waals surface area contributed by atoms with E-state index in [1.165, 1.54) is 0 Å². The van der Waals surface area contributed by atoms with E-state index in [2.05, 4.69) is 5.32 Å². The molecule has 0 saturated carbocycles. The summed E-state index contributed by atoms with van der Waals surface area (Å²) in [7, 11) is 0. The van der Waals surface area contributed by atoms with Crippen LogP contribution >= 0.6 is 11.8 Å². The lowest BCUT2D eigenvalue weighted by Crippen LogP contribution is -2.31. The number of carbonyl (C=O) groups is 1. The van der Waals surface area contributed by atoms with Gasteiger partial charge in [-0.3, -0.25) is 4.79 Å². The van der Waals surface area contributed by atoms with Gasteiger partial charge in [-0.25, -0.2) is 0 Å². The summed E-state index contributed by atoms with van der Waals surface area (Å²) < 4.78 is 0. The molecule has 0 aliphatic carbocycles. The molecular formula is C13H19NO2S. The average molecular weight is 253 g/mol. The van der Waals surface area contributed by atoms with Crippen molar-refractivity contribution in [3.63, 3.8) is 0 Å². The van der Waals surface area contributed by atoms with Crippen molar-refractivity contribution in [1.82, 2.24) is 5.32 Å². The van der Waals surface area contributed by atoms with Crippen LogP contribution < -0.4 is 5.32 Å². The maximum absolute atomic E-state index is 11.7. The zero-order chi connectivity index (χ0) is 12.7. The van der Waals surface area contributed by atoms with Gasteiger partial charge < -0.3 is 10.4 Å². The van der Waals surface area contributed by atoms with E-state index in [1.54, 1.807) is 23.9 Å². The highest BCUT2D eigenvalue weighted by Crippen LogP contribution is 2.14. The van der Waals surface area contributed by atoms with Crippen LogP contribution in [0.15, 0.2) is 29.2 Å². The third kappa shape index (κ3) is 4.79.